The molecule has 5 aromatic carbocycles. The van der Waals surface area contributed by atoms with Crippen molar-refractivity contribution in [3.05, 3.63) is 173 Å². The number of nitrogens with zero attached hydrogens (tertiary/aromatic N) is 8. The zero-order chi connectivity index (χ0) is 47.8. The summed E-state index contributed by atoms with van der Waals surface area (Å²) < 4.78 is 39.4. The van der Waals surface area contributed by atoms with Crippen molar-refractivity contribution in [3.63, 3.8) is 0 Å². The third kappa shape index (κ3) is 11.9. The zero-order valence-corrected chi connectivity index (χ0v) is 43.4. The summed E-state index contributed by atoms with van der Waals surface area (Å²) in [5, 5.41) is 14.3. The number of aromatic nitrogens is 9. The van der Waals surface area contributed by atoms with Gasteiger partial charge >= 0.3 is 5.97 Å². The van der Waals surface area contributed by atoms with E-state index in [-0.39, 0.29) is 24.1 Å². The van der Waals surface area contributed by atoms with Crippen LogP contribution in [0.2, 0.25) is 0 Å². The number of fused-ring (bicyclic) bond motifs is 2. The molecule has 3 aromatic heterocycles. The number of H-pyrrole nitrogens is 1. The molecule has 2 aliphatic rings. The van der Waals surface area contributed by atoms with E-state index in [2.05, 4.69) is 168 Å². The summed E-state index contributed by atoms with van der Waals surface area (Å²) in [6, 6.07) is 21.7. The van der Waals surface area contributed by atoms with Crippen molar-refractivity contribution >= 4 is 60.4 Å². The summed E-state index contributed by atoms with van der Waals surface area (Å²) >= 11 is 9.37. The van der Waals surface area contributed by atoms with Crippen LogP contribution in [0.4, 0.5) is 4.39 Å². The molecule has 17 heteroatoms. The van der Waals surface area contributed by atoms with E-state index in [4.69, 9.17) is 14.2 Å². The molecule has 0 spiro atoms. The molecule has 4 heterocycles. The Bertz CT molecular complexity index is 2880. The van der Waals surface area contributed by atoms with Gasteiger partial charge in [-0.3, -0.25) is 9.89 Å². The van der Waals surface area contributed by atoms with E-state index >= 15 is 4.39 Å². The van der Waals surface area contributed by atoms with Gasteiger partial charge in [-0.25, -0.2) is 28.7 Å². The van der Waals surface area contributed by atoms with E-state index in [0.29, 0.717) is 30.1 Å². The molecule has 0 saturated heterocycles. The summed E-state index contributed by atoms with van der Waals surface area (Å²) in [6.45, 7) is 12.9. The lowest BCUT2D eigenvalue weighted by Crippen LogP contribution is -2.09. The lowest BCUT2D eigenvalue weighted by Gasteiger charge is -2.19. The third-order valence-corrected chi connectivity index (χ3v) is 14.5. The highest BCUT2D eigenvalue weighted by molar-refractivity contribution is 14.1. The number of carbonyl (C=O) groups excluding carboxylic acids is 1. The molecule has 10 rings (SSSR count). The maximum absolute atomic E-state index is 15.2. The molecule has 0 amide bonds. The fourth-order valence-corrected chi connectivity index (χ4v) is 9.66. The standard InChI is InChI=1S/C30H28FN3O4.C10H10BrN3.C8H8BrI.C2H3N3/c1-17-10-20(34-16-32-15-33-34)11-18(2)29(17)23-6-8-25(31)30-24(23)7-9-26(30)38-21-4-5-22-19(12-28(35)36-3)14-37-27(22)13-21;1-7-3-9(4-8(2)10(7)11)14-6-12-5-13-14;1-5-3-7(10)4-6(2)8(5)9;1-3-2-5-4-1/h4-6,8,10-11,13,15-16,19,26H,7,9,12,14H2,1-3H3;3-6H,1-2H3;3-4H,1-2H3;1-2H,(H,3,4,5)/t19-,26-;;;/m1.../s1. The number of carbonyl (C=O) groups is 1. The van der Waals surface area contributed by atoms with Crippen LogP contribution in [-0.4, -0.2) is 64.4 Å². The largest absolute Gasteiger partial charge is 0.492 e. The Morgan fingerprint density at radius 1 is 0.806 bits per heavy atom. The fourth-order valence-electron chi connectivity index (χ4n) is 8.27. The highest BCUT2D eigenvalue weighted by atomic mass is 127. The Hall–Kier alpha value is -5.79. The first-order chi connectivity index (χ1) is 32.2. The number of halogens is 4. The Kier molecular flexibility index (Phi) is 16.4. The molecule has 0 fully saturated rings. The van der Waals surface area contributed by atoms with E-state index < -0.39 is 6.10 Å². The maximum Gasteiger partial charge on any atom is 0.306 e. The van der Waals surface area contributed by atoms with E-state index in [1.165, 1.54) is 62.7 Å². The molecule has 0 saturated carbocycles. The number of esters is 1. The first-order valence-electron chi connectivity index (χ1n) is 21.3. The predicted molar refractivity (Wildman–Crippen MR) is 270 cm³/mol. The van der Waals surface area contributed by atoms with Gasteiger partial charge in [0, 0.05) is 35.6 Å². The molecular formula is C50H49Br2FIN9O4. The van der Waals surface area contributed by atoms with Gasteiger partial charge in [-0.15, -0.1) is 0 Å². The monoisotopic (exact) mass is 1140 g/mol. The van der Waals surface area contributed by atoms with Gasteiger partial charge in [-0.1, -0.05) is 44.0 Å². The van der Waals surface area contributed by atoms with Gasteiger partial charge in [0.05, 0.1) is 31.5 Å². The normalized spacial score (nSPS) is 14.3. The van der Waals surface area contributed by atoms with E-state index in [0.717, 1.165) is 55.6 Å². The van der Waals surface area contributed by atoms with Crippen molar-refractivity contribution in [2.45, 2.75) is 72.8 Å². The molecule has 1 aliphatic carbocycles. The lowest BCUT2D eigenvalue weighted by atomic mass is 9.90. The number of hydrogen-bond donors (Lipinski definition) is 1. The van der Waals surface area contributed by atoms with Gasteiger partial charge in [-0.2, -0.15) is 15.3 Å². The van der Waals surface area contributed by atoms with E-state index in [9.17, 15) is 4.79 Å². The van der Waals surface area contributed by atoms with Crippen molar-refractivity contribution in [1.29, 1.82) is 0 Å². The van der Waals surface area contributed by atoms with Crippen LogP contribution in [0.15, 0.2) is 114 Å². The van der Waals surface area contributed by atoms with Gasteiger partial charge < -0.3 is 14.2 Å². The summed E-state index contributed by atoms with van der Waals surface area (Å²) in [7, 11) is 1.39. The van der Waals surface area contributed by atoms with Gasteiger partial charge in [-0.05, 0) is 176 Å². The first kappa shape index (κ1) is 49.1. The predicted octanol–water partition coefficient (Wildman–Crippen LogP) is 11.9. The number of nitrogens with one attached hydrogen (secondary N) is 1. The summed E-state index contributed by atoms with van der Waals surface area (Å²) in [5.41, 5.74) is 13.9. The molecule has 1 aliphatic heterocycles. The minimum Gasteiger partial charge on any atom is -0.492 e. The first-order valence-corrected chi connectivity index (χ1v) is 24.0. The van der Waals surface area contributed by atoms with Crippen LogP contribution in [0.1, 0.15) is 74.9 Å². The fraction of sp³-hybridized carbons (Fsp3) is 0.260. The number of aromatic amines is 1. The molecule has 2 atom stereocenters. The minimum absolute atomic E-state index is 0.0406. The van der Waals surface area contributed by atoms with Crippen LogP contribution in [0.25, 0.3) is 22.5 Å². The van der Waals surface area contributed by atoms with Gasteiger partial charge in [0.25, 0.3) is 0 Å². The van der Waals surface area contributed by atoms with Gasteiger partial charge in [0.1, 0.15) is 61.4 Å². The zero-order valence-electron chi connectivity index (χ0n) is 38.0. The van der Waals surface area contributed by atoms with Crippen LogP contribution in [0, 0.1) is 50.9 Å². The average molecular weight is 1150 g/mol. The Labute approximate surface area is 419 Å². The van der Waals surface area contributed by atoms with Crippen LogP contribution < -0.4 is 9.47 Å². The molecule has 0 radical (unpaired) electrons. The topological polar surface area (TPSA) is 148 Å². The van der Waals surface area contributed by atoms with Gasteiger partial charge in [0.15, 0.2) is 0 Å². The number of ether oxygens (including phenoxy) is 3. The highest BCUT2D eigenvalue weighted by Crippen LogP contribution is 2.45. The molecule has 1 N–H and O–H groups in total. The van der Waals surface area contributed by atoms with Gasteiger partial charge in [0.2, 0.25) is 0 Å². The maximum atomic E-state index is 15.2. The minimum atomic E-state index is -0.398. The van der Waals surface area contributed by atoms with Crippen LogP contribution in [0.5, 0.6) is 11.5 Å². The second-order valence-electron chi connectivity index (χ2n) is 16.2. The third-order valence-electron chi connectivity index (χ3n) is 11.4. The number of hydrogen-bond acceptors (Lipinski definition) is 10. The summed E-state index contributed by atoms with van der Waals surface area (Å²) in [6.07, 6.45) is 10.7. The summed E-state index contributed by atoms with van der Waals surface area (Å²) in [5.74, 6) is 0.758. The molecule has 346 valence electrons. The van der Waals surface area contributed by atoms with Crippen molar-refractivity contribution in [2.75, 3.05) is 13.7 Å². The molecule has 13 nitrogen and oxygen atoms in total. The van der Waals surface area contributed by atoms with Crippen molar-refractivity contribution in [1.82, 2.24) is 44.7 Å². The van der Waals surface area contributed by atoms with Crippen LogP contribution >= 0.6 is 54.5 Å². The lowest BCUT2D eigenvalue weighted by molar-refractivity contribution is -0.141. The highest BCUT2D eigenvalue weighted by Gasteiger charge is 2.32. The summed E-state index contributed by atoms with van der Waals surface area (Å²) in [4.78, 5) is 23.2. The Morgan fingerprint density at radius 3 is 1.93 bits per heavy atom. The van der Waals surface area contributed by atoms with E-state index in [1.807, 2.05) is 24.3 Å². The Morgan fingerprint density at radius 2 is 1.40 bits per heavy atom. The average Bonchev–Trinajstić information content (AvgIpc) is 4.17. The molecule has 0 unspecified atom stereocenters. The second kappa shape index (κ2) is 22.3. The molecule has 0 bridgehead atoms. The number of aryl methyl sites for hydroxylation is 6. The van der Waals surface area contributed by atoms with Crippen LogP contribution in [-0.2, 0) is 16.0 Å². The molecular weight excluding hydrogens is 1100 g/mol. The number of benzene rings is 5. The van der Waals surface area contributed by atoms with Crippen LogP contribution in [0.3, 0.4) is 0 Å². The van der Waals surface area contributed by atoms with E-state index in [1.54, 1.807) is 28.1 Å². The number of rotatable bonds is 7. The molecule has 8 aromatic rings. The SMILES string of the molecule is COC(=O)C[C@@H]1COc2cc(O[C@@H]3CCc4c(-c5c(C)cc(-n6cncn6)cc5C)ccc(F)c43)ccc21.Cc1cc(-n2cncn2)cc(C)c1Br.Cc1cc(I)cc(C)c1Br.c1nc[nH]n1. The number of methoxy groups -OCH3 is 1. The Balaban J connectivity index is 0.000000184. The van der Waals surface area contributed by atoms with Crippen molar-refractivity contribution < 1.29 is 23.4 Å². The quantitative estimate of drug-likeness (QED) is 0.121. The molecule has 67 heavy (non-hydrogen) atoms. The second-order valence-corrected chi connectivity index (χ2v) is 19.0. The van der Waals surface area contributed by atoms with Crippen molar-refractivity contribution in [3.8, 4) is 34.0 Å². The smallest absolute Gasteiger partial charge is 0.306 e. The van der Waals surface area contributed by atoms with Crippen molar-refractivity contribution in [2.24, 2.45) is 0 Å².